The van der Waals surface area contributed by atoms with E-state index in [4.69, 9.17) is 22.1 Å². The summed E-state index contributed by atoms with van der Waals surface area (Å²) in [6, 6.07) is 7.18. The van der Waals surface area contributed by atoms with E-state index in [0.717, 1.165) is 0 Å². The molecule has 22 heavy (non-hydrogen) atoms. The van der Waals surface area contributed by atoms with Crippen LogP contribution in [0.3, 0.4) is 0 Å². The fourth-order valence-corrected chi connectivity index (χ4v) is 2.87. The SMILES string of the molecule is CCn1c(SCC(N)=O)nnc1C(C)Oc1cccc(Cl)c1. The van der Waals surface area contributed by atoms with Gasteiger partial charge in [-0.2, -0.15) is 0 Å². The molecular weight excluding hydrogens is 324 g/mol. The number of benzene rings is 1. The van der Waals surface area contributed by atoms with Crippen molar-refractivity contribution in [2.45, 2.75) is 31.7 Å². The maximum Gasteiger partial charge on any atom is 0.227 e. The van der Waals surface area contributed by atoms with E-state index in [-0.39, 0.29) is 17.8 Å². The van der Waals surface area contributed by atoms with Gasteiger partial charge >= 0.3 is 0 Å². The third-order valence-electron chi connectivity index (χ3n) is 2.88. The van der Waals surface area contributed by atoms with Crippen molar-refractivity contribution in [3.05, 3.63) is 35.1 Å². The second kappa shape index (κ2) is 7.51. The van der Waals surface area contributed by atoms with Gasteiger partial charge in [0, 0.05) is 11.6 Å². The van der Waals surface area contributed by atoms with Crippen molar-refractivity contribution in [3.8, 4) is 5.75 Å². The average molecular weight is 341 g/mol. The number of carbonyl (C=O) groups excluding carboxylic acids is 1. The molecule has 2 aromatic rings. The average Bonchev–Trinajstić information content (AvgIpc) is 2.88. The predicted octanol–water partition coefficient (Wildman–Crippen LogP) is 2.67. The number of carbonyl (C=O) groups is 1. The molecule has 0 bridgehead atoms. The van der Waals surface area contributed by atoms with E-state index in [1.807, 2.05) is 30.5 Å². The Bertz CT molecular complexity index is 662. The molecule has 0 saturated heterocycles. The van der Waals surface area contributed by atoms with E-state index < -0.39 is 0 Å². The van der Waals surface area contributed by atoms with Gasteiger partial charge in [-0.3, -0.25) is 4.79 Å². The zero-order chi connectivity index (χ0) is 16.1. The molecule has 0 saturated carbocycles. The highest BCUT2D eigenvalue weighted by molar-refractivity contribution is 7.99. The highest BCUT2D eigenvalue weighted by Crippen LogP contribution is 2.25. The molecule has 118 valence electrons. The summed E-state index contributed by atoms with van der Waals surface area (Å²) in [6.45, 7) is 4.54. The number of halogens is 1. The van der Waals surface area contributed by atoms with Crippen molar-refractivity contribution >= 4 is 29.3 Å². The van der Waals surface area contributed by atoms with Crippen molar-refractivity contribution in [3.63, 3.8) is 0 Å². The van der Waals surface area contributed by atoms with Gasteiger partial charge in [-0.25, -0.2) is 0 Å². The monoisotopic (exact) mass is 340 g/mol. The van der Waals surface area contributed by atoms with E-state index in [1.54, 1.807) is 12.1 Å². The Balaban J connectivity index is 2.15. The quantitative estimate of drug-likeness (QED) is 0.783. The fourth-order valence-electron chi connectivity index (χ4n) is 1.94. The van der Waals surface area contributed by atoms with Crippen LogP contribution >= 0.6 is 23.4 Å². The number of nitrogens with two attached hydrogens (primary N) is 1. The third-order valence-corrected chi connectivity index (χ3v) is 4.10. The van der Waals surface area contributed by atoms with Crippen molar-refractivity contribution in [1.82, 2.24) is 14.8 Å². The molecule has 6 nitrogen and oxygen atoms in total. The summed E-state index contributed by atoms with van der Waals surface area (Å²) >= 11 is 7.21. The number of aromatic nitrogens is 3. The summed E-state index contributed by atoms with van der Waals surface area (Å²) in [6.07, 6.45) is -0.297. The molecule has 2 N–H and O–H groups in total. The number of nitrogens with zero attached hydrogens (tertiary/aromatic N) is 3. The summed E-state index contributed by atoms with van der Waals surface area (Å²) in [4.78, 5) is 10.9. The van der Waals surface area contributed by atoms with Crippen molar-refractivity contribution in [2.75, 3.05) is 5.75 Å². The molecule has 0 aliphatic heterocycles. The first-order valence-corrected chi connectivity index (χ1v) is 8.14. The molecule has 1 aromatic carbocycles. The second-order valence-electron chi connectivity index (χ2n) is 4.56. The lowest BCUT2D eigenvalue weighted by Gasteiger charge is -2.15. The first-order valence-electron chi connectivity index (χ1n) is 6.77. The van der Waals surface area contributed by atoms with Gasteiger partial charge in [0.2, 0.25) is 5.91 Å². The Morgan fingerprint density at radius 3 is 2.91 bits per heavy atom. The molecule has 1 aromatic heterocycles. The first kappa shape index (κ1) is 16.6. The number of rotatable bonds is 7. The minimum Gasteiger partial charge on any atom is -0.483 e. The Hall–Kier alpha value is -1.73. The topological polar surface area (TPSA) is 83.0 Å². The van der Waals surface area contributed by atoms with Gasteiger partial charge < -0.3 is 15.0 Å². The van der Waals surface area contributed by atoms with Crippen LogP contribution in [0.4, 0.5) is 0 Å². The van der Waals surface area contributed by atoms with Crippen molar-refractivity contribution in [2.24, 2.45) is 5.73 Å². The Kier molecular flexibility index (Phi) is 5.68. The maximum absolute atomic E-state index is 10.9. The Morgan fingerprint density at radius 1 is 1.50 bits per heavy atom. The van der Waals surface area contributed by atoms with Crippen LogP contribution in [0.5, 0.6) is 5.75 Å². The molecule has 0 aliphatic carbocycles. The molecule has 0 fully saturated rings. The summed E-state index contributed by atoms with van der Waals surface area (Å²) in [7, 11) is 0. The Morgan fingerprint density at radius 2 is 2.27 bits per heavy atom. The minimum atomic E-state index is -0.388. The van der Waals surface area contributed by atoms with Crippen LogP contribution in [0.15, 0.2) is 29.4 Å². The van der Waals surface area contributed by atoms with Crippen LogP contribution in [0.2, 0.25) is 5.02 Å². The van der Waals surface area contributed by atoms with Crippen LogP contribution in [0, 0.1) is 0 Å². The number of hydrogen-bond donors (Lipinski definition) is 1. The van der Waals surface area contributed by atoms with E-state index >= 15 is 0 Å². The predicted molar refractivity (Wildman–Crippen MR) is 86.1 cm³/mol. The third kappa shape index (κ3) is 4.14. The molecular formula is C14H17ClN4O2S. The van der Waals surface area contributed by atoms with Crippen LogP contribution in [-0.4, -0.2) is 26.4 Å². The molecule has 1 atom stereocenters. The van der Waals surface area contributed by atoms with Crippen molar-refractivity contribution in [1.29, 1.82) is 0 Å². The van der Waals surface area contributed by atoms with E-state index in [2.05, 4.69) is 10.2 Å². The number of ether oxygens (including phenoxy) is 1. The molecule has 0 spiro atoms. The van der Waals surface area contributed by atoms with Crippen LogP contribution < -0.4 is 10.5 Å². The minimum absolute atomic E-state index is 0.168. The normalized spacial score (nSPS) is 12.1. The van der Waals surface area contributed by atoms with Gasteiger partial charge in [0.05, 0.1) is 5.75 Å². The zero-order valence-electron chi connectivity index (χ0n) is 12.3. The summed E-state index contributed by atoms with van der Waals surface area (Å²) < 4.78 is 7.76. The van der Waals surface area contributed by atoms with Crippen LogP contribution in [0.25, 0.3) is 0 Å². The van der Waals surface area contributed by atoms with Gasteiger partial charge in [0.25, 0.3) is 0 Å². The van der Waals surface area contributed by atoms with Gasteiger partial charge in [-0.05, 0) is 32.0 Å². The number of primary amides is 1. The number of thioether (sulfide) groups is 1. The summed E-state index contributed by atoms with van der Waals surface area (Å²) in [5.41, 5.74) is 5.16. The summed E-state index contributed by atoms with van der Waals surface area (Å²) in [5.74, 6) is 1.13. The molecule has 1 unspecified atom stereocenters. The molecule has 1 heterocycles. The van der Waals surface area contributed by atoms with E-state index in [9.17, 15) is 4.79 Å². The molecule has 0 radical (unpaired) electrons. The maximum atomic E-state index is 10.9. The van der Waals surface area contributed by atoms with Gasteiger partial charge in [0.1, 0.15) is 5.75 Å². The fraction of sp³-hybridized carbons (Fsp3) is 0.357. The van der Waals surface area contributed by atoms with E-state index in [0.29, 0.717) is 28.3 Å². The lowest BCUT2D eigenvalue weighted by atomic mass is 10.3. The Labute approximate surface area is 138 Å². The lowest BCUT2D eigenvalue weighted by Crippen LogP contribution is -2.15. The number of hydrogen-bond acceptors (Lipinski definition) is 5. The second-order valence-corrected chi connectivity index (χ2v) is 5.94. The van der Waals surface area contributed by atoms with Gasteiger partial charge in [-0.1, -0.05) is 29.4 Å². The lowest BCUT2D eigenvalue weighted by molar-refractivity contribution is -0.115. The molecule has 2 rings (SSSR count). The van der Waals surface area contributed by atoms with E-state index in [1.165, 1.54) is 11.8 Å². The highest BCUT2D eigenvalue weighted by Gasteiger charge is 2.19. The van der Waals surface area contributed by atoms with Gasteiger partial charge in [-0.15, -0.1) is 10.2 Å². The van der Waals surface area contributed by atoms with Crippen molar-refractivity contribution < 1.29 is 9.53 Å². The van der Waals surface area contributed by atoms with Gasteiger partial charge in [0.15, 0.2) is 17.1 Å². The molecule has 8 heteroatoms. The zero-order valence-corrected chi connectivity index (χ0v) is 13.9. The number of amides is 1. The highest BCUT2D eigenvalue weighted by atomic mass is 35.5. The first-order chi connectivity index (χ1) is 10.5. The largest absolute Gasteiger partial charge is 0.483 e. The molecule has 0 aliphatic rings. The van der Waals surface area contributed by atoms with Crippen LogP contribution in [0.1, 0.15) is 25.8 Å². The molecule has 1 amide bonds. The summed E-state index contributed by atoms with van der Waals surface area (Å²) in [5, 5.41) is 9.53. The standard InChI is InChI=1S/C14H17ClN4O2S/c1-3-19-13(17-18-14(19)22-8-12(16)20)9(2)21-11-6-4-5-10(15)7-11/h4-7,9H,3,8H2,1-2H3,(H2,16,20). The smallest absolute Gasteiger partial charge is 0.227 e. The van der Waals surface area contributed by atoms with Crippen LogP contribution in [-0.2, 0) is 11.3 Å².